The van der Waals surface area contributed by atoms with E-state index in [0.717, 1.165) is 5.57 Å². The van der Waals surface area contributed by atoms with E-state index in [2.05, 4.69) is 16.0 Å². The van der Waals surface area contributed by atoms with Gasteiger partial charge in [0, 0.05) is 6.42 Å². The van der Waals surface area contributed by atoms with E-state index in [1.165, 1.54) is 0 Å². The van der Waals surface area contributed by atoms with Crippen LogP contribution in [-0.2, 0) is 0 Å². The van der Waals surface area contributed by atoms with Gasteiger partial charge in [-0.15, -0.1) is 0 Å². The highest BCUT2D eigenvalue weighted by molar-refractivity contribution is 6.76. The quantitative estimate of drug-likeness (QED) is 0.819. The summed E-state index contributed by atoms with van der Waals surface area (Å²) >= 11 is 6.03. The molecule has 1 aliphatic rings. The zero-order valence-corrected chi connectivity index (χ0v) is 10.9. The molecule has 1 unspecified atom stereocenters. The van der Waals surface area contributed by atoms with E-state index in [1.807, 2.05) is 26.0 Å². The minimum Gasteiger partial charge on any atom is -0.437 e. The molecule has 92 valence electrons. The van der Waals surface area contributed by atoms with Crippen LogP contribution in [0.3, 0.4) is 0 Å². The molecule has 0 amide bonds. The fraction of sp³-hybridized carbons (Fsp3) is 0.308. The third-order valence-electron chi connectivity index (χ3n) is 2.39. The van der Waals surface area contributed by atoms with Crippen LogP contribution in [0.15, 0.2) is 27.3 Å². The molecular weight excluding hydrogens is 250 g/mol. The fourth-order valence-electron chi connectivity index (χ4n) is 1.58. The number of rotatable bonds is 2. The van der Waals surface area contributed by atoms with Gasteiger partial charge in [-0.25, -0.2) is 4.98 Å². The summed E-state index contributed by atoms with van der Waals surface area (Å²) in [5, 5.41) is 9.08. The maximum absolute atomic E-state index is 8.78. The van der Waals surface area contributed by atoms with E-state index in [9.17, 15) is 0 Å². The van der Waals surface area contributed by atoms with Crippen molar-refractivity contribution in [2.75, 3.05) is 0 Å². The highest BCUT2D eigenvalue weighted by Crippen LogP contribution is 2.25. The summed E-state index contributed by atoms with van der Waals surface area (Å²) < 4.78 is 5.57. The minimum atomic E-state index is -0.401. The predicted octanol–water partition coefficient (Wildman–Crippen LogP) is 3.41. The number of hydrogen-bond donors (Lipinski definition) is 0. The molecule has 4 nitrogen and oxygen atoms in total. The molecular formula is C13H12ClN3O. The Bertz CT molecular complexity index is 586. The van der Waals surface area contributed by atoms with Gasteiger partial charge in [0.05, 0.1) is 17.8 Å². The standard InChI is InChI=1S/C13H12ClN3O/c1-8(2)5-12-16-7-11(18-12)10-4-3-9(6-15)17-13(10)14/h4-5,7,9H,3H2,1-2H3. The molecule has 0 saturated heterocycles. The zero-order chi connectivity index (χ0) is 13.1. The van der Waals surface area contributed by atoms with Crippen molar-refractivity contribution < 1.29 is 4.42 Å². The molecule has 2 heterocycles. The molecule has 0 aliphatic carbocycles. The SMILES string of the molecule is CC(C)=Cc1ncc(C2=CCC(C#N)N=C2Cl)o1. The number of halogens is 1. The lowest BCUT2D eigenvalue weighted by Gasteiger charge is -2.10. The third-order valence-corrected chi connectivity index (χ3v) is 2.69. The van der Waals surface area contributed by atoms with E-state index in [-0.39, 0.29) is 0 Å². The highest BCUT2D eigenvalue weighted by atomic mass is 35.5. The summed E-state index contributed by atoms with van der Waals surface area (Å²) in [6.07, 6.45) is 5.86. The lowest BCUT2D eigenvalue weighted by atomic mass is 10.1. The Hall–Kier alpha value is -1.86. The molecule has 0 radical (unpaired) electrons. The minimum absolute atomic E-state index is 0.299. The predicted molar refractivity (Wildman–Crippen MR) is 71.1 cm³/mol. The van der Waals surface area contributed by atoms with Gasteiger partial charge < -0.3 is 4.42 Å². The lowest BCUT2D eigenvalue weighted by molar-refractivity contribution is 0.534. The Morgan fingerprint density at radius 3 is 3.00 bits per heavy atom. The molecule has 1 atom stereocenters. The number of nitriles is 1. The molecule has 0 spiro atoms. The summed E-state index contributed by atoms with van der Waals surface area (Å²) in [5.74, 6) is 1.12. The van der Waals surface area contributed by atoms with Gasteiger partial charge >= 0.3 is 0 Å². The Morgan fingerprint density at radius 2 is 2.39 bits per heavy atom. The Balaban J connectivity index is 2.26. The molecule has 1 aliphatic heterocycles. The van der Waals surface area contributed by atoms with Gasteiger partial charge in [-0.05, 0) is 19.9 Å². The van der Waals surface area contributed by atoms with Crippen LogP contribution in [0.25, 0.3) is 11.6 Å². The monoisotopic (exact) mass is 261 g/mol. The van der Waals surface area contributed by atoms with Crippen molar-refractivity contribution in [3.8, 4) is 6.07 Å². The summed E-state index contributed by atoms with van der Waals surface area (Å²) in [4.78, 5) is 8.22. The first-order valence-corrected chi connectivity index (χ1v) is 5.92. The summed E-state index contributed by atoms with van der Waals surface area (Å²) in [6, 6.07) is 1.66. The molecule has 0 N–H and O–H groups in total. The van der Waals surface area contributed by atoms with Crippen molar-refractivity contribution in [3.05, 3.63) is 29.5 Å². The molecule has 1 aromatic heterocycles. The van der Waals surface area contributed by atoms with Crippen molar-refractivity contribution in [2.24, 2.45) is 4.99 Å². The van der Waals surface area contributed by atoms with Gasteiger partial charge in [-0.1, -0.05) is 23.3 Å². The van der Waals surface area contributed by atoms with Crippen LogP contribution in [-0.4, -0.2) is 16.2 Å². The van der Waals surface area contributed by atoms with Crippen LogP contribution in [0.2, 0.25) is 0 Å². The van der Waals surface area contributed by atoms with E-state index >= 15 is 0 Å². The van der Waals surface area contributed by atoms with Gasteiger partial charge in [-0.2, -0.15) is 5.26 Å². The molecule has 0 bridgehead atoms. The largest absolute Gasteiger partial charge is 0.437 e. The number of dihydropyridines is 1. The molecule has 0 saturated carbocycles. The lowest BCUT2D eigenvalue weighted by Crippen LogP contribution is -2.09. The highest BCUT2D eigenvalue weighted by Gasteiger charge is 2.19. The van der Waals surface area contributed by atoms with Crippen LogP contribution < -0.4 is 0 Å². The van der Waals surface area contributed by atoms with Gasteiger partial charge in [0.15, 0.2) is 5.76 Å². The Morgan fingerprint density at radius 1 is 1.61 bits per heavy atom. The average molecular weight is 262 g/mol. The molecule has 18 heavy (non-hydrogen) atoms. The van der Waals surface area contributed by atoms with Gasteiger partial charge in [0.2, 0.25) is 5.89 Å². The molecule has 0 aromatic carbocycles. The maximum atomic E-state index is 8.78. The smallest absolute Gasteiger partial charge is 0.219 e. The molecule has 2 rings (SSSR count). The number of nitrogens with zero attached hydrogens (tertiary/aromatic N) is 3. The molecule has 5 heteroatoms. The van der Waals surface area contributed by atoms with Crippen molar-refractivity contribution in [2.45, 2.75) is 26.3 Å². The van der Waals surface area contributed by atoms with Crippen molar-refractivity contribution in [3.63, 3.8) is 0 Å². The first kappa shape index (κ1) is 12.6. The van der Waals surface area contributed by atoms with Crippen LogP contribution in [0.1, 0.15) is 31.9 Å². The second-order valence-electron chi connectivity index (χ2n) is 4.20. The van der Waals surface area contributed by atoms with Gasteiger partial charge in [0.25, 0.3) is 0 Å². The first-order valence-electron chi connectivity index (χ1n) is 5.54. The second-order valence-corrected chi connectivity index (χ2v) is 4.56. The van der Waals surface area contributed by atoms with E-state index < -0.39 is 6.04 Å². The average Bonchev–Trinajstić information content (AvgIpc) is 2.76. The Labute approximate surface area is 110 Å². The van der Waals surface area contributed by atoms with Crippen LogP contribution >= 0.6 is 11.6 Å². The number of oxazole rings is 1. The zero-order valence-electron chi connectivity index (χ0n) is 10.1. The van der Waals surface area contributed by atoms with Crippen LogP contribution in [0.4, 0.5) is 0 Å². The fourth-order valence-corrected chi connectivity index (χ4v) is 1.87. The topological polar surface area (TPSA) is 62.2 Å². The summed E-state index contributed by atoms with van der Waals surface area (Å²) in [5.41, 5.74) is 1.80. The van der Waals surface area contributed by atoms with Crippen LogP contribution in [0.5, 0.6) is 0 Å². The normalized spacial score (nSPS) is 18.7. The van der Waals surface area contributed by atoms with E-state index in [4.69, 9.17) is 21.3 Å². The van der Waals surface area contributed by atoms with E-state index in [1.54, 1.807) is 6.20 Å². The maximum Gasteiger partial charge on any atom is 0.219 e. The third kappa shape index (κ3) is 2.69. The van der Waals surface area contributed by atoms with E-state index in [0.29, 0.717) is 28.8 Å². The van der Waals surface area contributed by atoms with Gasteiger partial charge in [-0.3, -0.25) is 4.99 Å². The van der Waals surface area contributed by atoms with Gasteiger partial charge in [0.1, 0.15) is 11.2 Å². The van der Waals surface area contributed by atoms with Crippen molar-refractivity contribution in [1.29, 1.82) is 5.26 Å². The van der Waals surface area contributed by atoms with Crippen LogP contribution in [0, 0.1) is 11.3 Å². The van der Waals surface area contributed by atoms with Crippen molar-refractivity contribution in [1.82, 2.24) is 4.98 Å². The Kier molecular flexibility index (Phi) is 3.63. The number of aliphatic imine (C=N–C) groups is 1. The van der Waals surface area contributed by atoms with Crippen molar-refractivity contribution >= 4 is 28.4 Å². The molecule has 1 aromatic rings. The number of hydrogen-bond acceptors (Lipinski definition) is 4. The summed E-state index contributed by atoms with van der Waals surface area (Å²) in [7, 11) is 0. The molecule has 0 fully saturated rings. The summed E-state index contributed by atoms with van der Waals surface area (Å²) in [6.45, 7) is 3.94. The first-order chi connectivity index (χ1) is 8.60. The number of aromatic nitrogens is 1. The second kappa shape index (κ2) is 5.19. The number of allylic oxidation sites excluding steroid dienone is 2.